The Morgan fingerprint density at radius 3 is 2.79 bits per heavy atom. The zero-order valence-corrected chi connectivity index (χ0v) is 13.6. The van der Waals surface area contributed by atoms with Crippen LogP contribution in [-0.2, 0) is 6.54 Å². The van der Waals surface area contributed by atoms with Crippen LogP contribution >= 0.6 is 22.6 Å². The van der Waals surface area contributed by atoms with Crippen LogP contribution in [0.5, 0.6) is 0 Å². The molecule has 19 heavy (non-hydrogen) atoms. The second-order valence-corrected chi connectivity index (χ2v) is 5.38. The van der Waals surface area contributed by atoms with Crippen molar-refractivity contribution in [1.82, 2.24) is 19.5 Å². The van der Waals surface area contributed by atoms with Crippen molar-refractivity contribution >= 4 is 28.4 Å². The second kappa shape index (κ2) is 6.31. The van der Waals surface area contributed by atoms with Crippen LogP contribution in [-0.4, -0.2) is 26.1 Å². The first kappa shape index (κ1) is 14.2. The highest BCUT2D eigenvalue weighted by Gasteiger charge is 2.13. The van der Waals surface area contributed by atoms with E-state index in [0.29, 0.717) is 0 Å². The minimum absolute atomic E-state index is 0.736. The van der Waals surface area contributed by atoms with E-state index in [1.807, 2.05) is 19.4 Å². The smallest absolute Gasteiger partial charge is 0.180 e. The molecule has 0 amide bonds. The molecule has 0 atom stereocenters. The van der Waals surface area contributed by atoms with Gasteiger partial charge in [-0.25, -0.2) is 15.0 Å². The van der Waals surface area contributed by atoms with Gasteiger partial charge in [0.2, 0.25) is 0 Å². The van der Waals surface area contributed by atoms with Gasteiger partial charge in [0.05, 0.1) is 21.8 Å². The summed E-state index contributed by atoms with van der Waals surface area (Å²) >= 11 is 2.28. The van der Waals surface area contributed by atoms with Crippen molar-refractivity contribution < 1.29 is 0 Å². The summed E-state index contributed by atoms with van der Waals surface area (Å²) in [6, 6.07) is 0. The first-order valence-corrected chi connectivity index (χ1v) is 7.53. The minimum Gasteiger partial charge on any atom is -0.369 e. The third-order valence-electron chi connectivity index (χ3n) is 2.77. The fraction of sp³-hybridized carbons (Fsp3) is 0.462. The SMILES string of the molecule is CCCn1cncc1-c1nc(C)c(I)c(NCC)n1. The summed E-state index contributed by atoms with van der Waals surface area (Å²) in [6.45, 7) is 8.00. The standard InChI is InChI=1S/C13H18IN5/c1-4-6-19-8-15-7-10(19)12-17-9(3)11(14)13(18-12)16-5-2/h7-8H,4-6H2,1-3H3,(H,16,17,18). The molecule has 0 unspecified atom stereocenters. The maximum Gasteiger partial charge on any atom is 0.180 e. The monoisotopic (exact) mass is 371 g/mol. The van der Waals surface area contributed by atoms with Gasteiger partial charge in [-0.15, -0.1) is 0 Å². The van der Waals surface area contributed by atoms with Gasteiger partial charge in [0.15, 0.2) is 5.82 Å². The third kappa shape index (κ3) is 3.05. The summed E-state index contributed by atoms with van der Waals surface area (Å²) in [5.74, 6) is 1.63. The molecule has 0 bridgehead atoms. The zero-order chi connectivity index (χ0) is 13.8. The number of nitrogens with zero attached hydrogens (tertiary/aromatic N) is 4. The maximum atomic E-state index is 4.62. The number of aryl methyl sites for hydroxylation is 2. The van der Waals surface area contributed by atoms with E-state index in [-0.39, 0.29) is 0 Å². The molecule has 0 saturated heterocycles. The Hall–Kier alpha value is -1.18. The van der Waals surface area contributed by atoms with Crippen molar-refractivity contribution in [1.29, 1.82) is 0 Å². The molecule has 2 aromatic rings. The van der Waals surface area contributed by atoms with Crippen LogP contribution in [0.4, 0.5) is 5.82 Å². The van der Waals surface area contributed by atoms with Crippen molar-refractivity contribution in [2.45, 2.75) is 33.7 Å². The molecule has 0 aliphatic heterocycles. The average molecular weight is 371 g/mol. The topological polar surface area (TPSA) is 55.6 Å². The molecule has 0 aliphatic rings. The van der Waals surface area contributed by atoms with Crippen molar-refractivity contribution in [3.8, 4) is 11.5 Å². The molecule has 0 aliphatic carbocycles. The highest BCUT2D eigenvalue weighted by molar-refractivity contribution is 14.1. The van der Waals surface area contributed by atoms with Crippen LogP contribution in [0, 0.1) is 10.5 Å². The van der Waals surface area contributed by atoms with E-state index in [4.69, 9.17) is 0 Å². The Morgan fingerprint density at radius 1 is 1.32 bits per heavy atom. The molecule has 6 heteroatoms. The van der Waals surface area contributed by atoms with Gasteiger partial charge in [-0.05, 0) is 42.9 Å². The summed E-state index contributed by atoms with van der Waals surface area (Å²) in [7, 11) is 0. The predicted molar refractivity (Wildman–Crippen MR) is 85.2 cm³/mol. The Labute approximate surface area is 127 Å². The van der Waals surface area contributed by atoms with Gasteiger partial charge < -0.3 is 9.88 Å². The van der Waals surface area contributed by atoms with Gasteiger partial charge in [0.25, 0.3) is 0 Å². The molecule has 0 spiro atoms. The van der Waals surface area contributed by atoms with Gasteiger partial charge in [-0.3, -0.25) is 0 Å². The highest BCUT2D eigenvalue weighted by Crippen LogP contribution is 2.23. The quantitative estimate of drug-likeness (QED) is 0.821. The molecule has 0 saturated carbocycles. The van der Waals surface area contributed by atoms with E-state index < -0.39 is 0 Å². The van der Waals surface area contributed by atoms with E-state index >= 15 is 0 Å². The number of anilines is 1. The lowest BCUT2D eigenvalue weighted by molar-refractivity contribution is 0.681. The number of nitrogens with one attached hydrogen (secondary N) is 1. The largest absolute Gasteiger partial charge is 0.369 e. The van der Waals surface area contributed by atoms with E-state index in [9.17, 15) is 0 Å². The lowest BCUT2D eigenvalue weighted by atomic mass is 10.3. The number of imidazole rings is 1. The first-order valence-electron chi connectivity index (χ1n) is 6.45. The summed E-state index contributed by atoms with van der Waals surface area (Å²) in [6.07, 6.45) is 4.72. The van der Waals surface area contributed by atoms with Gasteiger partial charge >= 0.3 is 0 Å². The molecule has 0 radical (unpaired) electrons. The molecule has 0 aromatic carbocycles. The molecule has 0 fully saturated rings. The van der Waals surface area contributed by atoms with Crippen LogP contribution in [0.2, 0.25) is 0 Å². The Balaban J connectivity index is 2.47. The number of halogens is 1. The van der Waals surface area contributed by atoms with E-state index in [1.165, 1.54) is 0 Å². The molecule has 2 rings (SSSR count). The summed E-state index contributed by atoms with van der Waals surface area (Å²) in [4.78, 5) is 13.4. The Bertz CT molecular complexity index is 564. The second-order valence-electron chi connectivity index (χ2n) is 4.30. The first-order chi connectivity index (χ1) is 9.17. The zero-order valence-electron chi connectivity index (χ0n) is 11.4. The predicted octanol–water partition coefficient (Wildman–Crippen LogP) is 3.09. The lowest BCUT2D eigenvalue weighted by Crippen LogP contribution is -2.08. The van der Waals surface area contributed by atoms with E-state index in [1.54, 1.807) is 0 Å². The fourth-order valence-corrected chi connectivity index (χ4v) is 2.32. The molecule has 5 nitrogen and oxygen atoms in total. The lowest BCUT2D eigenvalue weighted by Gasteiger charge is -2.11. The van der Waals surface area contributed by atoms with Crippen molar-refractivity contribution in [2.75, 3.05) is 11.9 Å². The third-order valence-corrected chi connectivity index (χ3v) is 4.06. The normalized spacial score (nSPS) is 10.7. The van der Waals surface area contributed by atoms with Crippen LogP contribution in [0.15, 0.2) is 12.5 Å². The number of hydrogen-bond acceptors (Lipinski definition) is 4. The molecular weight excluding hydrogens is 353 g/mol. The van der Waals surface area contributed by atoms with Crippen molar-refractivity contribution in [3.05, 3.63) is 21.8 Å². The fourth-order valence-electron chi connectivity index (χ4n) is 1.88. The Kier molecular flexibility index (Phi) is 4.73. The number of aromatic nitrogens is 4. The number of rotatable bonds is 5. The molecule has 102 valence electrons. The molecule has 2 heterocycles. The summed E-state index contributed by atoms with van der Waals surface area (Å²) < 4.78 is 3.17. The van der Waals surface area contributed by atoms with Crippen molar-refractivity contribution in [3.63, 3.8) is 0 Å². The van der Waals surface area contributed by atoms with Crippen LogP contribution in [0.25, 0.3) is 11.5 Å². The summed E-state index contributed by atoms with van der Waals surface area (Å²) in [5, 5.41) is 3.28. The minimum atomic E-state index is 0.736. The van der Waals surface area contributed by atoms with Gasteiger partial charge in [-0.1, -0.05) is 6.92 Å². The van der Waals surface area contributed by atoms with E-state index in [0.717, 1.165) is 46.1 Å². The highest BCUT2D eigenvalue weighted by atomic mass is 127. The van der Waals surface area contributed by atoms with Gasteiger partial charge in [-0.2, -0.15) is 0 Å². The van der Waals surface area contributed by atoms with E-state index in [2.05, 4.69) is 61.3 Å². The average Bonchev–Trinajstić information content (AvgIpc) is 2.84. The molecule has 2 aromatic heterocycles. The Morgan fingerprint density at radius 2 is 2.11 bits per heavy atom. The molecule has 1 N–H and O–H groups in total. The molecular formula is C13H18IN5. The van der Waals surface area contributed by atoms with Gasteiger partial charge in [0, 0.05) is 13.1 Å². The summed E-state index contributed by atoms with van der Waals surface area (Å²) in [5.41, 5.74) is 1.96. The van der Waals surface area contributed by atoms with Crippen molar-refractivity contribution in [2.24, 2.45) is 0 Å². The van der Waals surface area contributed by atoms with Crippen LogP contribution in [0.1, 0.15) is 26.0 Å². The van der Waals surface area contributed by atoms with Crippen LogP contribution < -0.4 is 5.32 Å². The number of hydrogen-bond donors (Lipinski definition) is 1. The van der Waals surface area contributed by atoms with Crippen LogP contribution in [0.3, 0.4) is 0 Å². The maximum absolute atomic E-state index is 4.62. The van der Waals surface area contributed by atoms with Gasteiger partial charge in [0.1, 0.15) is 11.5 Å².